The Bertz CT molecular complexity index is 695. The summed E-state index contributed by atoms with van der Waals surface area (Å²) in [6.45, 7) is 0.625. The Labute approximate surface area is 136 Å². The normalized spacial score (nSPS) is 11.6. The van der Waals surface area contributed by atoms with Gasteiger partial charge in [-0.25, -0.2) is 9.18 Å². The molecule has 2 aromatic carbocycles. The van der Waals surface area contributed by atoms with E-state index in [1.807, 2.05) is 30.3 Å². The number of carbonyl (C=O) groups excluding carboxylic acids is 1. The molecule has 5 nitrogen and oxygen atoms in total. The van der Waals surface area contributed by atoms with Crippen LogP contribution in [-0.2, 0) is 10.8 Å². The van der Waals surface area contributed by atoms with Gasteiger partial charge in [0.05, 0.1) is 22.2 Å². The number of anilines is 1. The average molecular weight is 336 g/mol. The Kier molecular flexibility index (Phi) is 6.10. The lowest BCUT2D eigenvalue weighted by Crippen LogP contribution is -2.32. The van der Waals surface area contributed by atoms with Crippen molar-refractivity contribution in [2.45, 2.75) is 4.90 Å². The molecule has 2 amide bonds. The smallest absolute Gasteiger partial charge is 0.319 e. The molecule has 0 aliphatic rings. The third-order valence-corrected chi connectivity index (χ3v) is 3.85. The highest BCUT2D eigenvalue weighted by Crippen LogP contribution is 2.16. The van der Waals surface area contributed by atoms with E-state index in [1.54, 1.807) is 0 Å². The number of ether oxygens (including phenoxy) is 1. The topological polar surface area (TPSA) is 67.4 Å². The van der Waals surface area contributed by atoms with Gasteiger partial charge in [-0.15, -0.1) is 0 Å². The minimum absolute atomic E-state index is 0.104. The summed E-state index contributed by atoms with van der Waals surface area (Å²) < 4.78 is 30.3. The van der Waals surface area contributed by atoms with E-state index >= 15 is 0 Å². The standard InChI is InChI=1S/C16H17FN2O3S/c1-23(21)15-8-7-12(11-14(15)17)19-16(20)18-9-10-22-13-5-3-2-4-6-13/h2-8,11H,9-10H2,1H3,(H2,18,19,20). The van der Waals surface area contributed by atoms with Crippen LogP contribution in [0.25, 0.3) is 0 Å². The van der Waals surface area contributed by atoms with Gasteiger partial charge in [0.2, 0.25) is 0 Å². The quantitative estimate of drug-likeness (QED) is 0.797. The van der Waals surface area contributed by atoms with Crippen molar-refractivity contribution in [1.82, 2.24) is 5.32 Å². The predicted molar refractivity (Wildman–Crippen MR) is 87.7 cm³/mol. The van der Waals surface area contributed by atoms with Crippen molar-refractivity contribution < 1.29 is 18.1 Å². The van der Waals surface area contributed by atoms with Gasteiger partial charge >= 0.3 is 6.03 Å². The summed E-state index contributed by atoms with van der Waals surface area (Å²) in [6, 6.07) is 12.8. The molecule has 0 saturated carbocycles. The summed E-state index contributed by atoms with van der Waals surface area (Å²) in [5.74, 6) is 0.107. The number of hydrogen-bond donors (Lipinski definition) is 2. The number of carbonyl (C=O) groups is 1. The van der Waals surface area contributed by atoms with E-state index in [0.29, 0.717) is 13.2 Å². The Morgan fingerprint density at radius 2 is 1.96 bits per heavy atom. The summed E-state index contributed by atoms with van der Waals surface area (Å²) in [5, 5.41) is 5.10. The van der Waals surface area contributed by atoms with Crippen LogP contribution >= 0.6 is 0 Å². The zero-order chi connectivity index (χ0) is 16.7. The van der Waals surface area contributed by atoms with Crippen molar-refractivity contribution in [1.29, 1.82) is 0 Å². The van der Waals surface area contributed by atoms with E-state index in [1.165, 1.54) is 18.4 Å². The number of para-hydroxylation sites is 1. The number of benzene rings is 2. The number of amides is 2. The number of nitrogens with one attached hydrogen (secondary N) is 2. The number of urea groups is 1. The SMILES string of the molecule is CS(=O)c1ccc(NC(=O)NCCOc2ccccc2)cc1F. The van der Waals surface area contributed by atoms with Gasteiger partial charge in [0.15, 0.2) is 0 Å². The molecule has 2 aromatic rings. The molecule has 0 heterocycles. The first-order chi connectivity index (χ1) is 11.1. The summed E-state index contributed by atoms with van der Waals surface area (Å²) >= 11 is 0. The minimum atomic E-state index is -1.41. The van der Waals surface area contributed by atoms with E-state index in [4.69, 9.17) is 4.74 Å². The van der Waals surface area contributed by atoms with Crippen molar-refractivity contribution in [2.24, 2.45) is 0 Å². The largest absolute Gasteiger partial charge is 0.492 e. The van der Waals surface area contributed by atoms with E-state index in [-0.39, 0.29) is 10.6 Å². The molecule has 1 atom stereocenters. The van der Waals surface area contributed by atoms with Gasteiger partial charge in [-0.3, -0.25) is 4.21 Å². The van der Waals surface area contributed by atoms with Crippen molar-refractivity contribution in [2.75, 3.05) is 24.7 Å². The van der Waals surface area contributed by atoms with E-state index in [9.17, 15) is 13.4 Å². The zero-order valence-electron chi connectivity index (χ0n) is 12.5. The number of halogens is 1. The molecule has 0 spiro atoms. The molecule has 0 aromatic heterocycles. The molecule has 122 valence electrons. The third kappa shape index (κ3) is 5.37. The van der Waals surface area contributed by atoms with Crippen LogP contribution in [0.3, 0.4) is 0 Å². The predicted octanol–water partition coefficient (Wildman–Crippen LogP) is 2.76. The first-order valence-electron chi connectivity index (χ1n) is 6.92. The van der Waals surface area contributed by atoms with Gasteiger partial charge in [-0.2, -0.15) is 0 Å². The van der Waals surface area contributed by atoms with Gasteiger partial charge in [-0.1, -0.05) is 18.2 Å². The minimum Gasteiger partial charge on any atom is -0.492 e. The lowest BCUT2D eigenvalue weighted by atomic mass is 10.3. The van der Waals surface area contributed by atoms with Crippen LogP contribution in [0.15, 0.2) is 53.4 Å². The van der Waals surface area contributed by atoms with Gasteiger partial charge in [-0.05, 0) is 30.3 Å². The van der Waals surface area contributed by atoms with E-state index in [0.717, 1.165) is 11.8 Å². The fourth-order valence-electron chi connectivity index (χ4n) is 1.84. The Balaban J connectivity index is 1.76. The molecule has 2 rings (SSSR count). The lowest BCUT2D eigenvalue weighted by Gasteiger charge is -2.09. The van der Waals surface area contributed by atoms with Crippen LogP contribution in [0, 0.1) is 5.82 Å². The Hall–Kier alpha value is -2.41. The van der Waals surface area contributed by atoms with E-state index in [2.05, 4.69) is 10.6 Å². The highest BCUT2D eigenvalue weighted by atomic mass is 32.2. The molecular formula is C16H17FN2O3S. The molecule has 7 heteroatoms. The van der Waals surface area contributed by atoms with E-state index < -0.39 is 22.6 Å². The second-order valence-electron chi connectivity index (χ2n) is 4.64. The first-order valence-corrected chi connectivity index (χ1v) is 8.48. The first kappa shape index (κ1) is 17.0. The third-order valence-electron chi connectivity index (χ3n) is 2.90. The summed E-state index contributed by atoms with van der Waals surface area (Å²) in [5.41, 5.74) is 0.290. The summed E-state index contributed by atoms with van der Waals surface area (Å²) in [6.07, 6.45) is 1.39. The van der Waals surface area contributed by atoms with Gasteiger partial charge < -0.3 is 15.4 Å². The molecule has 0 aliphatic heterocycles. The molecule has 0 aliphatic carbocycles. The molecule has 0 saturated heterocycles. The maximum absolute atomic E-state index is 13.7. The van der Waals surface area contributed by atoms with Crippen LogP contribution < -0.4 is 15.4 Å². The van der Waals surface area contributed by atoms with Gasteiger partial charge in [0.25, 0.3) is 0 Å². The van der Waals surface area contributed by atoms with Crippen molar-refractivity contribution in [3.05, 3.63) is 54.3 Å². The zero-order valence-corrected chi connectivity index (χ0v) is 13.4. The Morgan fingerprint density at radius 1 is 1.22 bits per heavy atom. The molecule has 0 fully saturated rings. The molecular weight excluding hydrogens is 319 g/mol. The van der Waals surface area contributed by atoms with Crippen molar-refractivity contribution in [3.8, 4) is 5.75 Å². The monoisotopic (exact) mass is 336 g/mol. The number of rotatable bonds is 6. The van der Waals surface area contributed by atoms with Crippen molar-refractivity contribution in [3.63, 3.8) is 0 Å². The molecule has 0 radical (unpaired) electrons. The summed E-state index contributed by atoms with van der Waals surface area (Å²) in [4.78, 5) is 11.8. The second-order valence-corrected chi connectivity index (χ2v) is 5.99. The fourth-order valence-corrected chi connectivity index (χ4v) is 2.43. The highest BCUT2D eigenvalue weighted by Gasteiger charge is 2.08. The second kappa shape index (κ2) is 8.28. The maximum Gasteiger partial charge on any atom is 0.319 e. The fraction of sp³-hybridized carbons (Fsp3) is 0.188. The van der Waals surface area contributed by atoms with Crippen LogP contribution in [0.5, 0.6) is 5.75 Å². The molecule has 23 heavy (non-hydrogen) atoms. The maximum atomic E-state index is 13.7. The van der Waals surface area contributed by atoms with Crippen molar-refractivity contribution >= 4 is 22.5 Å². The summed E-state index contributed by atoms with van der Waals surface area (Å²) in [7, 11) is -1.41. The molecule has 1 unspecified atom stereocenters. The molecule has 2 N–H and O–H groups in total. The molecule has 0 bridgehead atoms. The lowest BCUT2D eigenvalue weighted by molar-refractivity contribution is 0.247. The Morgan fingerprint density at radius 3 is 2.61 bits per heavy atom. The highest BCUT2D eigenvalue weighted by molar-refractivity contribution is 7.84. The van der Waals surface area contributed by atoms with Crippen LogP contribution in [0.2, 0.25) is 0 Å². The van der Waals surface area contributed by atoms with Crippen LogP contribution in [-0.4, -0.2) is 29.6 Å². The van der Waals surface area contributed by atoms with Crippen LogP contribution in [0.4, 0.5) is 14.9 Å². The number of hydrogen-bond acceptors (Lipinski definition) is 3. The average Bonchev–Trinajstić information content (AvgIpc) is 2.52. The van der Waals surface area contributed by atoms with Crippen LogP contribution in [0.1, 0.15) is 0 Å². The van der Waals surface area contributed by atoms with Gasteiger partial charge in [0.1, 0.15) is 18.2 Å². The van der Waals surface area contributed by atoms with Gasteiger partial charge in [0, 0.05) is 11.9 Å².